The minimum absolute atomic E-state index is 0.102. The van der Waals surface area contributed by atoms with Crippen molar-refractivity contribution in [3.8, 4) is 0 Å². The summed E-state index contributed by atoms with van der Waals surface area (Å²) in [5, 5.41) is 0. The number of hydrogen-bond acceptors (Lipinski definition) is 6. The van der Waals surface area contributed by atoms with Crippen LogP contribution in [0.15, 0.2) is 0 Å². The fourth-order valence-corrected chi connectivity index (χ4v) is 4.18. The first-order chi connectivity index (χ1) is 11.1. The van der Waals surface area contributed by atoms with Gasteiger partial charge < -0.3 is 13.7 Å². The molecule has 0 bridgehead atoms. The van der Waals surface area contributed by atoms with Crippen LogP contribution in [0.25, 0.3) is 0 Å². The second kappa shape index (κ2) is 7.49. The van der Waals surface area contributed by atoms with Gasteiger partial charge in [0.05, 0.1) is 12.0 Å². The molecular formula is C16H27NO6S. The van der Waals surface area contributed by atoms with Gasteiger partial charge in [-0.05, 0) is 31.1 Å². The molecular weight excluding hydrogens is 334 g/mol. The van der Waals surface area contributed by atoms with Crippen LogP contribution in [0, 0.1) is 17.3 Å². The quantitative estimate of drug-likeness (QED) is 0.705. The standard InChI is InChI=1S/C16H27NO6S/c1-16(2,3)14-10-13(6-9-22-14)15(19)23-24(20,21)17-7-4-12(11-18)5-8-17/h11-14H,4-10H2,1-3H3. The number of nitrogens with zero attached hydrogens (tertiary/aromatic N) is 1. The van der Waals surface area contributed by atoms with Crippen LogP contribution >= 0.6 is 0 Å². The maximum absolute atomic E-state index is 12.3. The first-order valence-corrected chi connectivity index (χ1v) is 9.80. The molecule has 138 valence electrons. The summed E-state index contributed by atoms with van der Waals surface area (Å²) in [7, 11) is -4.09. The van der Waals surface area contributed by atoms with E-state index in [1.54, 1.807) is 0 Å². The molecule has 0 aromatic heterocycles. The van der Waals surface area contributed by atoms with E-state index in [0.29, 0.717) is 32.3 Å². The third-order valence-corrected chi connectivity index (χ3v) is 6.15. The average molecular weight is 361 g/mol. The highest BCUT2D eigenvalue weighted by Crippen LogP contribution is 2.33. The Morgan fingerprint density at radius 3 is 2.38 bits per heavy atom. The van der Waals surface area contributed by atoms with E-state index in [9.17, 15) is 18.0 Å². The Kier molecular flexibility index (Phi) is 6.04. The Morgan fingerprint density at radius 1 is 1.21 bits per heavy atom. The van der Waals surface area contributed by atoms with Crippen molar-refractivity contribution in [3.05, 3.63) is 0 Å². The van der Waals surface area contributed by atoms with Crippen LogP contribution in [0.3, 0.4) is 0 Å². The molecule has 0 aromatic rings. The summed E-state index contributed by atoms with van der Waals surface area (Å²) in [4.78, 5) is 23.1. The van der Waals surface area contributed by atoms with E-state index in [0.717, 1.165) is 10.6 Å². The maximum atomic E-state index is 12.3. The van der Waals surface area contributed by atoms with Crippen LogP contribution in [0.5, 0.6) is 0 Å². The van der Waals surface area contributed by atoms with Gasteiger partial charge in [-0.25, -0.2) is 0 Å². The second-order valence-electron chi connectivity index (χ2n) is 7.68. The molecule has 0 amide bonds. The van der Waals surface area contributed by atoms with Gasteiger partial charge >= 0.3 is 16.3 Å². The summed E-state index contributed by atoms with van der Waals surface area (Å²) >= 11 is 0. The number of aldehydes is 1. The van der Waals surface area contributed by atoms with Crippen LogP contribution < -0.4 is 0 Å². The molecule has 24 heavy (non-hydrogen) atoms. The maximum Gasteiger partial charge on any atom is 0.387 e. The molecule has 7 nitrogen and oxygen atoms in total. The van der Waals surface area contributed by atoms with E-state index in [1.807, 2.05) is 20.8 Å². The number of rotatable bonds is 4. The minimum Gasteiger partial charge on any atom is -0.378 e. The highest BCUT2D eigenvalue weighted by molar-refractivity contribution is 7.84. The van der Waals surface area contributed by atoms with Crippen molar-refractivity contribution in [2.45, 2.75) is 52.6 Å². The summed E-state index contributed by atoms with van der Waals surface area (Å²) in [5.74, 6) is -1.29. The molecule has 0 aromatic carbocycles. The van der Waals surface area contributed by atoms with Gasteiger partial charge in [0.2, 0.25) is 0 Å². The molecule has 0 aliphatic carbocycles. The van der Waals surface area contributed by atoms with Crippen LogP contribution in [0.2, 0.25) is 0 Å². The lowest BCUT2D eigenvalue weighted by Gasteiger charge is -2.36. The second-order valence-corrected chi connectivity index (χ2v) is 9.22. The van der Waals surface area contributed by atoms with Gasteiger partial charge in [-0.3, -0.25) is 4.79 Å². The molecule has 0 radical (unpaired) electrons. The largest absolute Gasteiger partial charge is 0.387 e. The highest BCUT2D eigenvalue weighted by Gasteiger charge is 2.38. The zero-order valence-electron chi connectivity index (χ0n) is 14.6. The van der Waals surface area contributed by atoms with Crippen molar-refractivity contribution in [2.75, 3.05) is 19.7 Å². The van der Waals surface area contributed by atoms with E-state index in [2.05, 4.69) is 0 Å². The normalized spacial score (nSPS) is 27.6. The molecule has 2 heterocycles. The first kappa shape index (κ1) is 19.3. The Hall–Kier alpha value is -0.990. The number of piperidine rings is 1. The van der Waals surface area contributed by atoms with Crippen LogP contribution in [-0.4, -0.2) is 50.8 Å². The van der Waals surface area contributed by atoms with Crippen molar-refractivity contribution < 1.29 is 26.9 Å². The SMILES string of the molecule is CC(C)(C)C1CC(C(=O)OS(=O)(=O)N2CCC(C=O)CC2)CCO1. The lowest BCUT2D eigenvalue weighted by atomic mass is 9.81. The minimum atomic E-state index is -4.09. The summed E-state index contributed by atoms with van der Waals surface area (Å²) < 4.78 is 36.2. The first-order valence-electron chi connectivity index (χ1n) is 8.44. The topological polar surface area (TPSA) is 90.0 Å². The Bertz CT molecular complexity index is 560. The molecule has 2 unspecified atom stereocenters. The number of hydrogen-bond donors (Lipinski definition) is 0. The molecule has 2 fully saturated rings. The number of ether oxygens (including phenoxy) is 1. The van der Waals surface area contributed by atoms with E-state index in [4.69, 9.17) is 8.92 Å². The van der Waals surface area contributed by atoms with E-state index in [1.165, 1.54) is 0 Å². The molecule has 2 atom stereocenters. The highest BCUT2D eigenvalue weighted by atomic mass is 32.2. The zero-order valence-corrected chi connectivity index (χ0v) is 15.4. The zero-order chi connectivity index (χ0) is 18.0. The summed E-state index contributed by atoms with van der Waals surface area (Å²) in [6.07, 6.45) is 2.60. The Balaban J connectivity index is 1.94. The van der Waals surface area contributed by atoms with Crippen LogP contribution in [0.1, 0.15) is 46.5 Å². The average Bonchev–Trinajstić information content (AvgIpc) is 2.54. The van der Waals surface area contributed by atoms with Crippen molar-refractivity contribution in [1.29, 1.82) is 0 Å². The smallest absolute Gasteiger partial charge is 0.378 e. The summed E-state index contributed by atoms with van der Waals surface area (Å²) in [6.45, 7) is 6.92. The van der Waals surface area contributed by atoms with Crippen molar-refractivity contribution in [3.63, 3.8) is 0 Å². The fourth-order valence-electron chi connectivity index (χ4n) is 3.07. The van der Waals surface area contributed by atoms with Crippen LogP contribution in [-0.2, 0) is 28.8 Å². The molecule has 2 aliphatic heterocycles. The Morgan fingerprint density at radius 2 is 1.83 bits per heavy atom. The number of carbonyl (C=O) groups excluding carboxylic acids is 2. The third-order valence-electron chi connectivity index (χ3n) is 4.78. The predicted molar refractivity (Wildman–Crippen MR) is 87.3 cm³/mol. The van der Waals surface area contributed by atoms with Crippen molar-refractivity contribution in [2.24, 2.45) is 17.3 Å². The van der Waals surface area contributed by atoms with Gasteiger partial charge in [-0.1, -0.05) is 20.8 Å². The third kappa shape index (κ3) is 4.77. The van der Waals surface area contributed by atoms with Gasteiger partial charge in [-0.2, -0.15) is 12.7 Å². The number of carbonyl (C=O) groups is 2. The predicted octanol–water partition coefficient (Wildman–Crippen LogP) is 1.53. The lowest BCUT2D eigenvalue weighted by molar-refractivity contribution is -0.147. The molecule has 0 saturated carbocycles. The van der Waals surface area contributed by atoms with Gasteiger partial charge in [0.15, 0.2) is 0 Å². The van der Waals surface area contributed by atoms with Gasteiger partial charge in [0, 0.05) is 25.6 Å². The molecule has 2 saturated heterocycles. The summed E-state index contributed by atoms with van der Waals surface area (Å²) in [6, 6.07) is 0. The van der Waals surface area contributed by atoms with Crippen molar-refractivity contribution >= 4 is 22.6 Å². The lowest BCUT2D eigenvalue weighted by Crippen LogP contribution is -2.43. The summed E-state index contributed by atoms with van der Waals surface area (Å²) in [5.41, 5.74) is -0.117. The molecule has 0 spiro atoms. The monoisotopic (exact) mass is 361 g/mol. The van der Waals surface area contributed by atoms with Gasteiger partial charge in [0.1, 0.15) is 6.29 Å². The van der Waals surface area contributed by atoms with E-state index >= 15 is 0 Å². The van der Waals surface area contributed by atoms with Gasteiger partial charge in [0.25, 0.3) is 0 Å². The van der Waals surface area contributed by atoms with Crippen LogP contribution in [0.4, 0.5) is 0 Å². The fraction of sp³-hybridized carbons (Fsp3) is 0.875. The Labute approximate surface area is 143 Å². The van der Waals surface area contributed by atoms with E-state index in [-0.39, 0.29) is 30.5 Å². The molecule has 8 heteroatoms. The molecule has 2 rings (SSSR count). The molecule has 0 N–H and O–H groups in total. The van der Waals surface area contributed by atoms with Crippen molar-refractivity contribution in [1.82, 2.24) is 4.31 Å². The molecule has 2 aliphatic rings. The van der Waals surface area contributed by atoms with Gasteiger partial charge in [-0.15, -0.1) is 0 Å². The van der Waals surface area contributed by atoms with E-state index < -0.39 is 22.2 Å².